The molecule has 0 bridgehead atoms. The second-order valence-corrected chi connectivity index (χ2v) is 6.06. The van der Waals surface area contributed by atoms with Gasteiger partial charge in [-0.3, -0.25) is 4.68 Å². The van der Waals surface area contributed by atoms with Gasteiger partial charge in [0, 0.05) is 5.39 Å². The van der Waals surface area contributed by atoms with Crippen LogP contribution in [0.25, 0.3) is 16.7 Å². The maximum Gasteiger partial charge on any atom is 0.164 e. The lowest BCUT2D eigenvalue weighted by molar-refractivity contribution is 0.641. The van der Waals surface area contributed by atoms with Gasteiger partial charge in [-0.25, -0.2) is 9.67 Å². The fourth-order valence-electron chi connectivity index (χ4n) is 2.22. The molecule has 7 heteroatoms. The molecule has 0 aliphatic heterocycles. The Morgan fingerprint density at radius 1 is 1.30 bits per heavy atom. The molecule has 0 N–H and O–H groups in total. The minimum absolute atomic E-state index is 0.565. The fraction of sp³-hybridized carbons (Fsp3) is 0.308. The van der Waals surface area contributed by atoms with Crippen LogP contribution >= 0.6 is 23.4 Å². The summed E-state index contributed by atoms with van der Waals surface area (Å²) in [7, 11) is 0. The first kappa shape index (κ1) is 12.2. The molecule has 1 aliphatic rings. The third-order valence-electron chi connectivity index (χ3n) is 3.41. The first-order valence-corrected chi connectivity index (χ1v) is 7.99. The van der Waals surface area contributed by atoms with E-state index in [1.165, 1.54) is 24.6 Å². The summed E-state index contributed by atoms with van der Waals surface area (Å²) in [5.41, 5.74) is 1.75. The number of hydrogen-bond donors (Lipinski definition) is 0. The molecule has 3 aromatic heterocycles. The van der Waals surface area contributed by atoms with Crippen molar-refractivity contribution in [2.45, 2.75) is 23.9 Å². The summed E-state index contributed by atoms with van der Waals surface area (Å²) >= 11 is 7.71. The monoisotopic (exact) mass is 305 g/mol. The smallest absolute Gasteiger partial charge is 0.164 e. The van der Waals surface area contributed by atoms with E-state index in [2.05, 4.69) is 15.2 Å². The van der Waals surface area contributed by atoms with Crippen molar-refractivity contribution in [1.29, 1.82) is 0 Å². The molecule has 0 unspecified atom stereocenters. The molecule has 102 valence electrons. The number of aromatic nitrogens is 5. The number of hydrogen-bond acceptors (Lipinski definition) is 4. The molecule has 0 radical (unpaired) electrons. The average molecular weight is 306 g/mol. The molecule has 4 rings (SSSR count). The van der Waals surface area contributed by atoms with E-state index in [9.17, 15) is 0 Å². The molecule has 0 atom stereocenters. The number of nitrogens with zero attached hydrogens (tertiary/aromatic N) is 5. The molecule has 0 aromatic carbocycles. The van der Waals surface area contributed by atoms with Crippen molar-refractivity contribution in [3.05, 3.63) is 29.7 Å². The predicted molar refractivity (Wildman–Crippen MR) is 79.7 cm³/mol. The quantitative estimate of drug-likeness (QED) is 0.696. The Balaban J connectivity index is 1.85. The van der Waals surface area contributed by atoms with E-state index >= 15 is 0 Å². The molecule has 1 fully saturated rings. The molecule has 0 saturated heterocycles. The summed E-state index contributed by atoms with van der Waals surface area (Å²) < 4.78 is 3.82. The Morgan fingerprint density at radius 2 is 2.15 bits per heavy atom. The van der Waals surface area contributed by atoms with Crippen molar-refractivity contribution in [2.24, 2.45) is 0 Å². The summed E-state index contributed by atoms with van der Waals surface area (Å²) in [5.74, 6) is 0. The van der Waals surface area contributed by atoms with E-state index in [-0.39, 0.29) is 0 Å². The van der Waals surface area contributed by atoms with Gasteiger partial charge in [0.25, 0.3) is 0 Å². The Hall–Kier alpha value is -1.53. The molecule has 1 aliphatic carbocycles. The Kier molecular flexibility index (Phi) is 2.75. The number of fused-ring (bicyclic) bond motifs is 1. The van der Waals surface area contributed by atoms with E-state index < -0.39 is 0 Å². The summed E-state index contributed by atoms with van der Waals surface area (Å²) in [6.45, 7) is 0. The molecule has 5 nitrogen and oxygen atoms in total. The number of pyridine rings is 1. The van der Waals surface area contributed by atoms with Crippen molar-refractivity contribution in [2.75, 3.05) is 6.26 Å². The van der Waals surface area contributed by atoms with E-state index in [4.69, 9.17) is 11.6 Å². The third-order valence-corrected chi connectivity index (χ3v) is 4.51. The molecular formula is C13H12ClN5S. The zero-order valence-corrected chi connectivity index (χ0v) is 12.4. The number of rotatable bonds is 3. The molecular weight excluding hydrogens is 294 g/mol. The largest absolute Gasteiger partial charge is 0.267 e. The number of thioether (sulfide) groups is 1. The molecule has 0 spiro atoms. The lowest BCUT2D eigenvalue weighted by atomic mass is 10.3. The highest BCUT2D eigenvalue weighted by Crippen LogP contribution is 2.34. The van der Waals surface area contributed by atoms with Crippen molar-refractivity contribution in [3.8, 4) is 5.69 Å². The van der Waals surface area contributed by atoms with Crippen LogP contribution in [0.4, 0.5) is 0 Å². The summed E-state index contributed by atoms with van der Waals surface area (Å²) in [6, 6.07) is 2.47. The Labute approximate surface area is 124 Å². The maximum absolute atomic E-state index is 6.18. The van der Waals surface area contributed by atoms with Crippen LogP contribution in [0.5, 0.6) is 0 Å². The van der Waals surface area contributed by atoms with Crippen LogP contribution in [-0.2, 0) is 0 Å². The van der Waals surface area contributed by atoms with Gasteiger partial charge in [-0.1, -0.05) is 11.6 Å². The molecule has 20 heavy (non-hydrogen) atoms. The summed E-state index contributed by atoms with van der Waals surface area (Å²) in [5, 5.41) is 11.2. The SMILES string of the molecule is CSc1nc2c(cnn2-c2cnn(C3CC3)c2)cc1Cl. The lowest BCUT2D eigenvalue weighted by Gasteiger charge is -2.02. The van der Waals surface area contributed by atoms with Crippen molar-refractivity contribution in [1.82, 2.24) is 24.5 Å². The van der Waals surface area contributed by atoms with Gasteiger partial charge in [0.05, 0.1) is 29.7 Å². The third kappa shape index (κ3) is 1.91. The summed E-state index contributed by atoms with van der Waals surface area (Å²) in [6.07, 6.45) is 10.0. The van der Waals surface area contributed by atoms with Gasteiger partial charge in [-0.05, 0) is 25.2 Å². The van der Waals surface area contributed by atoms with Gasteiger partial charge < -0.3 is 0 Å². The molecule has 1 saturated carbocycles. The normalized spacial score (nSPS) is 15.1. The predicted octanol–water partition coefficient (Wildman–Crippen LogP) is 3.33. The maximum atomic E-state index is 6.18. The van der Waals surface area contributed by atoms with Gasteiger partial charge in [-0.2, -0.15) is 10.2 Å². The first-order chi connectivity index (χ1) is 9.76. The average Bonchev–Trinajstić information content (AvgIpc) is 3.05. The van der Waals surface area contributed by atoms with Crippen LogP contribution in [0.1, 0.15) is 18.9 Å². The van der Waals surface area contributed by atoms with Gasteiger partial charge in [0.15, 0.2) is 5.65 Å². The summed E-state index contributed by atoms with van der Waals surface area (Å²) in [4.78, 5) is 4.59. The van der Waals surface area contributed by atoms with Crippen LogP contribution in [0.15, 0.2) is 29.7 Å². The topological polar surface area (TPSA) is 48.5 Å². The standard InChI is InChI=1S/C13H12ClN5S/c1-20-13-11(14)4-8-5-16-19(12(8)17-13)10-6-15-18(7-10)9-2-3-9/h4-7,9H,2-3H2,1H3. The fourth-order valence-corrected chi connectivity index (χ4v) is 3.05. The van der Waals surface area contributed by atoms with E-state index in [0.29, 0.717) is 11.1 Å². The zero-order chi connectivity index (χ0) is 13.7. The minimum Gasteiger partial charge on any atom is -0.267 e. The van der Waals surface area contributed by atoms with Crippen molar-refractivity contribution < 1.29 is 0 Å². The van der Waals surface area contributed by atoms with E-state index in [1.54, 1.807) is 6.20 Å². The second kappa shape index (κ2) is 4.49. The van der Waals surface area contributed by atoms with Crippen molar-refractivity contribution in [3.63, 3.8) is 0 Å². The number of halogens is 1. The second-order valence-electron chi connectivity index (χ2n) is 4.86. The zero-order valence-electron chi connectivity index (χ0n) is 10.8. The Bertz CT molecular complexity index is 789. The molecule has 0 amide bonds. The van der Waals surface area contributed by atoms with Crippen LogP contribution in [0.3, 0.4) is 0 Å². The van der Waals surface area contributed by atoms with Crippen LogP contribution in [-0.4, -0.2) is 30.8 Å². The Morgan fingerprint density at radius 3 is 2.90 bits per heavy atom. The van der Waals surface area contributed by atoms with Crippen molar-refractivity contribution >= 4 is 34.4 Å². The first-order valence-electron chi connectivity index (χ1n) is 6.39. The van der Waals surface area contributed by atoms with Gasteiger partial charge in [-0.15, -0.1) is 11.8 Å². The van der Waals surface area contributed by atoms with Crippen LogP contribution < -0.4 is 0 Å². The van der Waals surface area contributed by atoms with Gasteiger partial charge in [0.2, 0.25) is 0 Å². The minimum atomic E-state index is 0.565. The van der Waals surface area contributed by atoms with Gasteiger partial charge >= 0.3 is 0 Å². The van der Waals surface area contributed by atoms with E-state index in [0.717, 1.165) is 21.7 Å². The molecule has 3 aromatic rings. The molecule has 3 heterocycles. The van der Waals surface area contributed by atoms with Gasteiger partial charge in [0.1, 0.15) is 10.7 Å². The highest BCUT2D eigenvalue weighted by atomic mass is 35.5. The lowest BCUT2D eigenvalue weighted by Crippen LogP contribution is -1.97. The van der Waals surface area contributed by atoms with E-state index in [1.807, 2.05) is 34.1 Å². The highest BCUT2D eigenvalue weighted by molar-refractivity contribution is 7.98. The van der Waals surface area contributed by atoms with Crippen LogP contribution in [0, 0.1) is 0 Å². The highest BCUT2D eigenvalue weighted by Gasteiger charge is 2.24. The van der Waals surface area contributed by atoms with Crippen LogP contribution in [0.2, 0.25) is 5.02 Å².